The number of sulfonamides is 1. The molecule has 2 aromatic rings. The van der Waals surface area contributed by atoms with E-state index >= 15 is 4.39 Å². The van der Waals surface area contributed by atoms with Crippen LogP contribution in [0.5, 0.6) is 0 Å². The van der Waals surface area contributed by atoms with Gasteiger partial charge >= 0.3 is 11.8 Å². The summed E-state index contributed by atoms with van der Waals surface area (Å²) in [7, 11) is -3.28. The van der Waals surface area contributed by atoms with Crippen LogP contribution >= 0.6 is 0 Å². The minimum absolute atomic E-state index is 0.0906. The number of halogens is 4. The number of hydrogen-bond acceptors (Lipinski definition) is 5. The van der Waals surface area contributed by atoms with E-state index in [9.17, 15) is 36.0 Å². The fraction of sp³-hybridized carbons (Fsp3) is 0.350. The van der Waals surface area contributed by atoms with Gasteiger partial charge in [0.05, 0.1) is 0 Å². The molecule has 3 amide bonds. The number of rotatable bonds is 6. The van der Waals surface area contributed by atoms with Gasteiger partial charge in [-0.2, -0.15) is 4.31 Å². The molecular formula is C20H21F4N5O5S. The molecular weight excluding hydrogens is 498 g/mol. The predicted molar refractivity (Wildman–Crippen MR) is 114 cm³/mol. The molecule has 0 saturated carbocycles. The van der Waals surface area contributed by atoms with Crippen LogP contribution in [0.1, 0.15) is 23.8 Å². The molecule has 15 heteroatoms. The second-order valence-electron chi connectivity index (χ2n) is 7.66. The van der Waals surface area contributed by atoms with Gasteiger partial charge in [0.25, 0.3) is 5.91 Å². The summed E-state index contributed by atoms with van der Waals surface area (Å²) in [5, 5.41) is 6.70. The first-order valence-corrected chi connectivity index (χ1v) is 11.7. The number of anilines is 1. The quantitative estimate of drug-likeness (QED) is 0.296. The molecule has 0 aliphatic carbocycles. The Balaban J connectivity index is 1.78. The number of aromatic nitrogens is 1. The summed E-state index contributed by atoms with van der Waals surface area (Å²) in [6.45, 7) is 1.52. The lowest BCUT2D eigenvalue weighted by atomic mass is 10.2. The van der Waals surface area contributed by atoms with Crippen LogP contribution in [0.25, 0.3) is 0 Å². The summed E-state index contributed by atoms with van der Waals surface area (Å²) in [6.07, 6.45) is 1.01. The second kappa shape index (κ2) is 10.0. The smallest absolute Gasteiger partial charge is 0.309 e. The highest BCUT2D eigenvalue weighted by atomic mass is 32.2. The topological polar surface area (TPSA) is 130 Å². The SMILES string of the molecule is CCNC(=O)C(=O)N[C@@H]1CCN(S(=O)(=O)c2cn(C)c(C(=O)Nc3cc(F)c(F)c(F)c3)c2F)C1. The molecule has 2 heterocycles. The van der Waals surface area contributed by atoms with Gasteiger partial charge in [-0.05, 0) is 13.3 Å². The lowest BCUT2D eigenvalue weighted by Gasteiger charge is -2.16. The van der Waals surface area contributed by atoms with E-state index in [2.05, 4.69) is 10.6 Å². The van der Waals surface area contributed by atoms with Gasteiger partial charge in [-0.15, -0.1) is 0 Å². The molecule has 35 heavy (non-hydrogen) atoms. The van der Waals surface area contributed by atoms with Crippen molar-refractivity contribution in [2.24, 2.45) is 7.05 Å². The molecule has 10 nitrogen and oxygen atoms in total. The second-order valence-corrected chi connectivity index (χ2v) is 9.56. The molecule has 1 aromatic heterocycles. The molecule has 3 rings (SSSR count). The Bertz CT molecular complexity index is 1270. The van der Waals surface area contributed by atoms with Crippen LogP contribution < -0.4 is 16.0 Å². The lowest BCUT2D eigenvalue weighted by Crippen LogP contribution is -2.45. The van der Waals surface area contributed by atoms with Crippen molar-refractivity contribution in [3.05, 3.63) is 47.3 Å². The molecule has 0 radical (unpaired) electrons. The number of hydrogen-bond donors (Lipinski definition) is 3. The highest BCUT2D eigenvalue weighted by molar-refractivity contribution is 7.89. The van der Waals surface area contributed by atoms with E-state index in [0.29, 0.717) is 12.1 Å². The minimum atomic E-state index is -4.46. The van der Waals surface area contributed by atoms with E-state index in [1.807, 2.05) is 5.32 Å². The van der Waals surface area contributed by atoms with Crippen molar-refractivity contribution >= 4 is 33.4 Å². The number of amides is 3. The van der Waals surface area contributed by atoms with E-state index in [1.54, 1.807) is 6.92 Å². The van der Waals surface area contributed by atoms with Crippen LogP contribution in [0.2, 0.25) is 0 Å². The zero-order chi connectivity index (χ0) is 26.1. The van der Waals surface area contributed by atoms with Crippen LogP contribution in [0.15, 0.2) is 23.2 Å². The van der Waals surface area contributed by atoms with Crippen LogP contribution in [0.4, 0.5) is 23.2 Å². The Kier molecular flexibility index (Phi) is 7.50. The van der Waals surface area contributed by atoms with Crippen LogP contribution in [0.3, 0.4) is 0 Å². The van der Waals surface area contributed by atoms with Gasteiger partial charge < -0.3 is 20.5 Å². The van der Waals surface area contributed by atoms with Crippen molar-refractivity contribution in [1.29, 1.82) is 0 Å². The zero-order valence-electron chi connectivity index (χ0n) is 18.5. The van der Waals surface area contributed by atoms with Crippen molar-refractivity contribution in [2.75, 3.05) is 25.0 Å². The minimum Gasteiger partial charge on any atom is -0.348 e. The Morgan fingerprint density at radius 1 is 1.06 bits per heavy atom. The maximum Gasteiger partial charge on any atom is 0.309 e. The van der Waals surface area contributed by atoms with Crippen molar-refractivity contribution in [3.8, 4) is 0 Å². The third-order valence-electron chi connectivity index (χ3n) is 5.19. The maximum atomic E-state index is 15.1. The Labute approximate surface area is 197 Å². The maximum absolute atomic E-state index is 15.1. The molecule has 1 saturated heterocycles. The Morgan fingerprint density at radius 2 is 1.69 bits per heavy atom. The van der Waals surface area contributed by atoms with E-state index in [1.165, 1.54) is 7.05 Å². The standard InChI is InChI=1S/C20H21F4N5O5S/c1-3-25-19(31)20(32)26-10-4-5-29(8-10)35(33,34)14-9-28(2)17(16(14)24)18(30)27-11-6-12(21)15(23)13(22)7-11/h6-7,9-10H,3-5,8H2,1-2H3,(H,25,31)(H,26,32)(H,27,30)/t10-/m1/s1. The van der Waals surface area contributed by atoms with Crippen LogP contribution in [-0.2, 0) is 26.7 Å². The van der Waals surface area contributed by atoms with Crippen LogP contribution in [-0.4, -0.2) is 60.7 Å². The Hall–Kier alpha value is -3.46. The molecule has 3 N–H and O–H groups in total. The normalized spacial score (nSPS) is 16.2. The fourth-order valence-corrected chi connectivity index (χ4v) is 5.14. The van der Waals surface area contributed by atoms with Gasteiger partial charge in [-0.25, -0.2) is 26.0 Å². The molecule has 0 unspecified atom stereocenters. The summed E-state index contributed by atoms with van der Waals surface area (Å²) in [6, 6.07) is 0.264. The molecule has 1 fully saturated rings. The predicted octanol–water partition coefficient (Wildman–Crippen LogP) is 0.849. The molecule has 1 atom stereocenters. The highest BCUT2D eigenvalue weighted by Gasteiger charge is 2.38. The van der Waals surface area contributed by atoms with Crippen molar-refractivity contribution in [2.45, 2.75) is 24.3 Å². The summed E-state index contributed by atoms with van der Waals surface area (Å²) >= 11 is 0. The van der Waals surface area contributed by atoms with Gasteiger partial charge in [0, 0.05) is 56.7 Å². The first-order chi connectivity index (χ1) is 16.4. The number of carbonyl (C=O) groups is 3. The van der Waals surface area contributed by atoms with Gasteiger partial charge in [-0.3, -0.25) is 14.4 Å². The Morgan fingerprint density at radius 3 is 2.29 bits per heavy atom. The van der Waals surface area contributed by atoms with Gasteiger partial charge in [0.15, 0.2) is 23.3 Å². The zero-order valence-corrected chi connectivity index (χ0v) is 19.3. The largest absolute Gasteiger partial charge is 0.348 e. The molecule has 190 valence electrons. The lowest BCUT2D eigenvalue weighted by molar-refractivity contribution is -0.139. The average molecular weight is 519 g/mol. The third kappa shape index (κ3) is 5.30. The van der Waals surface area contributed by atoms with Crippen molar-refractivity contribution < 1.29 is 40.4 Å². The van der Waals surface area contributed by atoms with Crippen LogP contribution in [0, 0.1) is 23.3 Å². The van der Waals surface area contributed by atoms with E-state index in [-0.39, 0.29) is 26.1 Å². The monoisotopic (exact) mass is 519 g/mol. The van der Waals surface area contributed by atoms with E-state index in [0.717, 1.165) is 15.1 Å². The summed E-state index contributed by atoms with van der Waals surface area (Å²) in [5.41, 5.74) is -1.27. The number of carbonyl (C=O) groups excluding carboxylic acids is 3. The number of nitrogens with zero attached hydrogens (tertiary/aromatic N) is 2. The van der Waals surface area contributed by atoms with Crippen molar-refractivity contribution in [3.63, 3.8) is 0 Å². The van der Waals surface area contributed by atoms with Crippen molar-refractivity contribution in [1.82, 2.24) is 19.5 Å². The highest BCUT2D eigenvalue weighted by Crippen LogP contribution is 2.27. The average Bonchev–Trinajstić information content (AvgIpc) is 3.36. The molecule has 0 bridgehead atoms. The summed E-state index contributed by atoms with van der Waals surface area (Å²) in [5.74, 6) is -9.38. The van der Waals surface area contributed by atoms with Gasteiger partial charge in [0.2, 0.25) is 10.0 Å². The number of aryl methyl sites for hydroxylation is 1. The fourth-order valence-electron chi connectivity index (χ4n) is 3.52. The third-order valence-corrected chi connectivity index (χ3v) is 7.04. The number of benzene rings is 1. The molecule has 0 spiro atoms. The van der Waals surface area contributed by atoms with Gasteiger partial charge in [0.1, 0.15) is 10.6 Å². The first kappa shape index (κ1) is 26.2. The van der Waals surface area contributed by atoms with Gasteiger partial charge in [-0.1, -0.05) is 0 Å². The summed E-state index contributed by atoms with van der Waals surface area (Å²) < 4.78 is 82.8. The first-order valence-electron chi connectivity index (χ1n) is 10.3. The van der Waals surface area contributed by atoms with E-state index < -0.39 is 73.3 Å². The number of nitrogens with one attached hydrogen (secondary N) is 3. The van der Waals surface area contributed by atoms with E-state index in [4.69, 9.17) is 0 Å². The molecule has 1 aliphatic rings. The molecule has 1 aromatic carbocycles. The molecule has 1 aliphatic heterocycles. The number of likely N-dealkylation sites (N-methyl/N-ethyl adjacent to an activating group) is 1. The summed E-state index contributed by atoms with van der Waals surface area (Å²) in [4.78, 5) is 35.1.